The summed E-state index contributed by atoms with van der Waals surface area (Å²) in [5, 5.41) is 0. The first-order valence-electron chi connectivity index (χ1n) is 4.79. The van der Waals surface area contributed by atoms with Crippen molar-refractivity contribution in [3.8, 4) is 0 Å². The molecule has 3 nitrogen and oxygen atoms in total. The Hall–Kier alpha value is -0.570. The molecule has 13 heavy (non-hydrogen) atoms. The average Bonchev–Trinajstić information content (AvgIpc) is 2.26. The van der Waals surface area contributed by atoms with Crippen LogP contribution in [0.4, 0.5) is 0 Å². The van der Waals surface area contributed by atoms with Crippen molar-refractivity contribution >= 4 is 5.91 Å². The third-order valence-electron chi connectivity index (χ3n) is 3.33. The maximum atomic E-state index is 11.8. The highest BCUT2D eigenvalue weighted by atomic mass is 16.2. The quantitative estimate of drug-likeness (QED) is 0.602. The van der Waals surface area contributed by atoms with Crippen molar-refractivity contribution < 1.29 is 4.79 Å². The Labute approximate surface area is 80.7 Å². The van der Waals surface area contributed by atoms with E-state index >= 15 is 0 Å². The van der Waals surface area contributed by atoms with Crippen molar-refractivity contribution in [2.45, 2.75) is 25.8 Å². The number of hydrogen-bond donors (Lipinski definition) is 0. The lowest BCUT2D eigenvalue weighted by molar-refractivity contribution is -0.135. The van der Waals surface area contributed by atoms with E-state index in [1.807, 2.05) is 14.1 Å². The number of carbonyl (C=O) groups is 1. The molecule has 1 unspecified atom stereocenters. The number of likely N-dealkylation sites (tertiary alicyclic amines) is 1. The number of nitrogens with zero attached hydrogens (tertiary/aromatic N) is 2. The van der Waals surface area contributed by atoms with Gasteiger partial charge in [0.2, 0.25) is 5.91 Å². The van der Waals surface area contributed by atoms with Crippen molar-refractivity contribution in [1.82, 2.24) is 9.80 Å². The molecule has 3 heteroatoms. The van der Waals surface area contributed by atoms with Gasteiger partial charge in [-0.15, -0.1) is 0 Å². The lowest BCUT2D eigenvalue weighted by atomic mass is 9.87. The van der Waals surface area contributed by atoms with Gasteiger partial charge in [-0.3, -0.25) is 4.79 Å². The van der Waals surface area contributed by atoms with Gasteiger partial charge in [0.15, 0.2) is 0 Å². The summed E-state index contributed by atoms with van der Waals surface area (Å²) in [6.45, 7) is 5.31. The summed E-state index contributed by atoms with van der Waals surface area (Å²) in [7, 11) is 5.75. The fourth-order valence-corrected chi connectivity index (χ4v) is 1.97. The fourth-order valence-electron chi connectivity index (χ4n) is 1.97. The van der Waals surface area contributed by atoms with Crippen LogP contribution in [0.3, 0.4) is 0 Å². The SMILES string of the molecule is CN(C)C(=O)C1CCN(C)C1(C)C. The lowest BCUT2D eigenvalue weighted by Crippen LogP contribution is -2.45. The minimum Gasteiger partial charge on any atom is -0.349 e. The molecule has 1 amide bonds. The van der Waals surface area contributed by atoms with Gasteiger partial charge >= 0.3 is 0 Å². The summed E-state index contributed by atoms with van der Waals surface area (Å²) in [5.74, 6) is 0.418. The van der Waals surface area contributed by atoms with Crippen molar-refractivity contribution in [3.05, 3.63) is 0 Å². The van der Waals surface area contributed by atoms with Crippen LogP contribution in [-0.2, 0) is 4.79 Å². The molecule has 1 heterocycles. The van der Waals surface area contributed by atoms with Gasteiger partial charge in [-0.2, -0.15) is 0 Å². The van der Waals surface area contributed by atoms with Crippen molar-refractivity contribution in [2.24, 2.45) is 5.92 Å². The second-order valence-corrected chi connectivity index (χ2v) is 4.65. The van der Waals surface area contributed by atoms with Crippen LogP contribution in [0.1, 0.15) is 20.3 Å². The molecule has 1 rings (SSSR count). The second kappa shape index (κ2) is 3.29. The first-order chi connectivity index (χ1) is 5.87. The van der Waals surface area contributed by atoms with Crippen LogP contribution in [0.15, 0.2) is 0 Å². The predicted molar refractivity (Wildman–Crippen MR) is 53.5 cm³/mol. The third-order valence-corrected chi connectivity index (χ3v) is 3.33. The zero-order chi connectivity index (χ0) is 10.2. The summed E-state index contributed by atoms with van der Waals surface area (Å²) in [5.41, 5.74) is 0.0152. The van der Waals surface area contributed by atoms with Crippen molar-refractivity contribution in [3.63, 3.8) is 0 Å². The maximum Gasteiger partial charge on any atom is 0.227 e. The number of amides is 1. The molecule has 1 saturated heterocycles. The predicted octanol–water partition coefficient (Wildman–Crippen LogP) is 0.805. The molecule has 0 spiro atoms. The van der Waals surface area contributed by atoms with E-state index in [4.69, 9.17) is 0 Å². The summed E-state index contributed by atoms with van der Waals surface area (Å²) in [6.07, 6.45) is 0.987. The van der Waals surface area contributed by atoms with Gasteiger partial charge < -0.3 is 9.80 Å². The average molecular weight is 184 g/mol. The Balaban J connectivity index is 2.78. The molecule has 1 fully saturated rings. The molecule has 1 atom stereocenters. The minimum absolute atomic E-state index is 0.0152. The monoisotopic (exact) mass is 184 g/mol. The molecule has 1 aliphatic heterocycles. The van der Waals surface area contributed by atoms with Gasteiger partial charge in [0, 0.05) is 19.6 Å². The molecule has 1 aliphatic rings. The Kier molecular flexibility index (Phi) is 2.66. The summed E-state index contributed by atoms with van der Waals surface area (Å²) < 4.78 is 0. The van der Waals surface area contributed by atoms with Gasteiger partial charge in [-0.05, 0) is 33.9 Å². The Bertz CT molecular complexity index is 211. The van der Waals surface area contributed by atoms with Crippen LogP contribution in [0.25, 0.3) is 0 Å². The van der Waals surface area contributed by atoms with E-state index in [1.165, 1.54) is 0 Å². The molecular formula is C10H20N2O. The van der Waals surface area contributed by atoms with Gasteiger partial charge in [-0.25, -0.2) is 0 Å². The molecule has 0 saturated carbocycles. The van der Waals surface area contributed by atoms with E-state index in [0.717, 1.165) is 13.0 Å². The summed E-state index contributed by atoms with van der Waals surface area (Å²) in [6, 6.07) is 0. The van der Waals surface area contributed by atoms with Gasteiger partial charge in [0.05, 0.1) is 5.92 Å². The van der Waals surface area contributed by atoms with Gasteiger partial charge in [0.25, 0.3) is 0 Å². The standard InChI is InChI=1S/C10H20N2O/c1-10(2)8(6-7-12(10)5)9(13)11(3)4/h8H,6-7H2,1-5H3. The minimum atomic E-state index is 0.0152. The zero-order valence-corrected chi connectivity index (χ0v) is 9.29. The molecule has 76 valence electrons. The number of rotatable bonds is 1. The first-order valence-corrected chi connectivity index (χ1v) is 4.79. The topological polar surface area (TPSA) is 23.6 Å². The van der Waals surface area contributed by atoms with Crippen LogP contribution >= 0.6 is 0 Å². The Morgan fingerprint density at radius 3 is 2.31 bits per heavy atom. The highest BCUT2D eigenvalue weighted by Crippen LogP contribution is 2.33. The molecule has 0 aliphatic carbocycles. The lowest BCUT2D eigenvalue weighted by Gasteiger charge is -2.33. The summed E-state index contributed by atoms with van der Waals surface area (Å²) >= 11 is 0. The smallest absolute Gasteiger partial charge is 0.227 e. The normalized spacial score (nSPS) is 27.6. The van der Waals surface area contributed by atoms with Crippen LogP contribution in [0, 0.1) is 5.92 Å². The number of carbonyl (C=O) groups excluding carboxylic acids is 1. The molecule has 0 bridgehead atoms. The molecule has 0 aromatic carbocycles. The fraction of sp³-hybridized carbons (Fsp3) is 0.900. The maximum absolute atomic E-state index is 11.8. The van der Waals surface area contributed by atoms with E-state index in [2.05, 4.69) is 25.8 Å². The van der Waals surface area contributed by atoms with Gasteiger partial charge in [-0.1, -0.05) is 0 Å². The molecule has 0 aromatic rings. The zero-order valence-electron chi connectivity index (χ0n) is 9.29. The summed E-state index contributed by atoms with van der Waals surface area (Å²) in [4.78, 5) is 15.8. The van der Waals surface area contributed by atoms with Crippen LogP contribution in [-0.4, -0.2) is 48.9 Å². The van der Waals surface area contributed by atoms with Crippen LogP contribution in [0.5, 0.6) is 0 Å². The van der Waals surface area contributed by atoms with E-state index in [0.29, 0.717) is 0 Å². The Morgan fingerprint density at radius 2 is 2.00 bits per heavy atom. The third kappa shape index (κ3) is 1.70. The Morgan fingerprint density at radius 1 is 1.46 bits per heavy atom. The first kappa shape index (κ1) is 10.5. The molecule has 0 N–H and O–H groups in total. The highest BCUT2D eigenvalue weighted by Gasteiger charge is 2.43. The van der Waals surface area contributed by atoms with E-state index in [1.54, 1.807) is 4.90 Å². The van der Waals surface area contributed by atoms with E-state index in [9.17, 15) is 4.79 Å². The van der Waals surface area contributed by atoms with Crippen molar-refractivity contribution in [1.29, 1.82) is 0 Å². The van der Waals surface area contributed by atoms with E-state index < -0.39 is 0 Å². The van der Waals surface area contributed by atoms with E-state index in [-0.39, 0.29) is 17.4 Å². The van der Waals surface area contributed by atoms with Crippen LogP contribution in [0.2, 0.25) is 0 Å². The van der Waals surface area contributed by atoms with Crippen molar-refractivity contribution in [2.75, 3.05) is 27.7 Å². The molecule has 0 aromatic heterocycles. The largest absolute Gasteiger partial charge is 0.349 e. The van der Waals surface area contributed by atoms with Gasteiger partial charge in [0.1, 0.15) is 0 Å². The molecular weight excluding hydrogens is 164 g/mol. The van der Waals surface area contributed by atoms with Crippen LogP contribution < -0.4 is 0 Å². The highest BCUT2D eigenvalue weighted by molar-refractivity contribution is 5.80. The second-order valence-electron chi connectivity index (χ2n) is 4.65. The molecule has 0 radical (unpaired) electrons. The number of hydrogen-bond acceptors (Lipinski definition) is 2.